The molecule has 8 heteroatoms. The molecule has 1 atom stereocenters. The van der Waals surface area contributed by atoms with Gasteiger partial charge in [0.2, 0.25) is 5.91 Å². The minimum Gasteiger partial charge on any atom is -0.464 e. The van der Waals surface area contributed by atoms with E-state index in [1.807, 2.05) is 0 Å². The summed E-state index contributed by atoms with van der Waals surface area (Å²) in [5.74, 6) is -1.41. The number of hydrogen-bond acceptors (Lipinski definition) is 6. The molecule has 0 saturated heterocycles. The second-order valence-electron chi connectivity index (χ2n) is 4.10. The van der Waals surface area contributed by atoms with Gasteiger partial charge < -0.3 is 15.2 Å². The number of primary amides is 1. The van der Waals surface area contributed by atoms with Crippen molar-refractivity contribution in [1.82, 2.24) is 15.0 Å². The predicted octanol–water partition coefficient (Wildman–Crippen LogP) is -0.625. The number of methoxy groups -OCH3 is 2. The molecule has 8 nitrogen and oxygen atoms in total. The summed E-state index contributed by atoms with van der Waals surface area (Å²) in [6, 6.07) is 0. The Labute approximate surface area is 110 Å². The maximum Gasteiger partial charge on any atom is 0.360 e. The van der Waals surface area contributed by atoms with Crippen molar-refractivity contribution in [2.75, 3.05) is 20.8 Å². The molecule has 1 amide bonds. The summed E-state index contributed by atoms with van der Waals surface area (Å²) in [7, 11) is 2.82. The molecule has 1 aromatic rings. The molecule has 19 heavy (non-hydrogen) atoms. The van der Waals surface area contributed by atoms with E-state index in [-0.39, 0.29) is 12.2 Å². The molecule has 0 aliphatic rings. The van der Waals surface area contributed by atoms with Crippen molar-refractivity contribution < 1.29 is 19.1 Å². The van der Waals surface area contributed by atoms with Gasteiger partial charge in [-0.2, -0.15) is 0 Å². The topological polar surface area (TPSA) is 109 Å². The molecular weight excluding hydrogens is 252 g/mol. The van der Waals surface area contributed by atoms with E-state index in [2.05, 4.69) is 15.0 Å². The van der Waals surface area contributed by atoms with Gasteiger partial charge in [0.25, 0.3) is 0 Å². The van der Waals surface area contributed by atoms with Crippen LogP contribution in [0.2, 0.25) is 0 Å². The third kappa shape index (κ3) is 3.75. The van der Waals surface area contributed by atoms with Crippen LogP contribution in [0, 0.1) is 5.92 Å². The van der Waals surface area contributed by atoms with Crippen molar-refractivity contribution in [3.63, 3.8) is 0 Å². The van der Waals surface area contributed by atoms with Crippen molar-refractivity contribution in [2.45, 2.75) is 19.9 Å². The molecule has 1 aromatic heterocycles. The Hall–Kier alpha value is -1.96. The molecule has 1 heterocycles. The highest BCUT2D eigenvalue weighted by molar-refractivity contribution is 5.88. The molecule has 106 valence electrons. The molecule has 0 aromatic carbocycles. The van der Waals surface area contributed by atoms with Gasteiger partial charge in [-0.05, 0) is 0 Å². The second kappa shape index (κ2) is 6.83. The molecule has 0 saturated carbocycles. The Kier molecular flexibility index (Phi) is 5.43. The van der Waals surface area contributed by atoms with Crippen molar-refractivity contribution >= 4 is 11.9 Å². The number of esters is 1. The van der Waals surface area contributed by atoms with Gasteiger partial charge in [0, 0.05) is 13.5 Å². The fraction of sp³-hybridized carbons (Fsp3) is 0.636. The lowest BCUT2D eigenvalue weighted by Gasteiger charge is -2.10. The van der Waals surface area contributed by atoms with E-state index >= 15 is 0 Å². The summed E-state index contributed by atoms with van der Waals surface area (Å²) in [5.41, 5.74) is 5.92. The number of nitrogens with zero attached hydrogens (tertiary/aromatic N) is 3. The van der Waals surface area contributed by atoms with Crippen LogP contribution in [0.4, 0.5) is 0 Å². The smallest absolute Gasteiger partial charge is 0.360 e. The van der Waals surface area contributed by atoms with Crippen LogP contribution < -0.4 is 5.73 Å². The first kappa shape index (κ1) is 15.1. The molecule has 0 aliphatic carbocycles. The van der Waals surface area contributed by atoms with Gasteiger partial charge in [-0.25, -0.2) is 9.48 Å². The molecule has 2 N–H and O–H groups in total. The standard InChI is InChI=1S/C11H18N4O4/c1-7(10(12)16)6-15-8(4-5-18-2)9(13-14-15)11(17)19-3/h7H,4-6H2,1-3H3,(H2,12,16). The first-order valence-corrected chi connectivity index (χ1v) is 5.80. The average molecular weight is 270 g/mol. The van der Waals surface area contributed by atoms with Gasteiger partial charge in [0.05, 0.1) is 31.9 Å². The van der Waals surface area contributed by atoms with Crippen LogP contribution >= 0.6 is 0 Å². The number of carbonyl (C=O) groups is 2. The number of carbonyl (C=O) groups excluding carboxylic acids is 2. The molecular formula is C11H18N4O4. The van der Waals surface area contributed by atoms with E-state index in [1.165, 1.54) is 11.8 Å². The third-order valence-corrected chi connectivity index (χ3v) is 2.69. The quantitative estimate of drug-likeness (QED) is 0.661. The van der Waals surface area contributed by atoms with Crippen LogP contribution in [-0.4, -0.2) is 47.7 Å². The van der Waals surface area contributed by atoms with E-state index in [0.29, 0.717) is 18.7 Å². The van der Waals surface area contributed by atoms with E-state index in [4.69, 9.17) is 10.5 Å². The SMILES string of the molecule is COCCc1c(C(=O)OC)nnn1CC(C)C(N)=O. The van der Waals surface area contributed by atoms with Gasteiger partial charge in [0.1, 0.15) is 0 Å². The van der Waals surface area contributed by atoms with Crippen molar-refractivity contribution in [3.05, 3.63) is 11.4 Å². The first-order valence-electron chi connectivity index (χ1n) is 5.80. The summed E-state index contributed by atoms with van der Waals surface area (Å²) in [6.45, 7) is 2.35. The van der Waals surface area contributed by atoms with E-state index < -0.39 is 17.8 Å². The fourth-order valence-corrected chi connectivity index (χ4v) is 1.53. The minimum absolute atomic E-state index is 0.135. The van der Waals surface area contributed by atoms with Crippen LogP contribution in [0.3, 0.4) is 0 Å². The lowest BCUT2D eigenvalue weighted by atomic mass is 10.1. The van der Waals surface area contributed by atoms with Gasteiger partial charge in [0.15, 0.2) is 5.69 Å². The highest BCUT2D eigenvalue weighted by atomic mass is 16.5. The molecule has 1 rings (SSSR count). The zero-order valence-electron chi connectivity index (χ0n) is 11.3. The number of amides is 1. The van der Waals surface area contributed by atoms with Gasteiger partial charge in [-0.1, -0.05) is 12.1 Å². The number of nitrogens with two attached hydrogens (primary N) is 1. The summed E-state index contributed by atoms with van der Waals surface area (Å²) in [6.07, 6.45) is 0.444. The Bertz CT molecular complexity index is 458. The lowest BCUT2D eigenvalue weighted by molar-refractivity contribution is -0.121. The van der Waals surface area contributed by atoms with E-state index in [1.54, 1.807) is 14.0 Å². The average Bonchev–Trinajstić information content (AvgIpc) is 2.78. The largest absolute Gasteiger partial charge is 0.464 e. The first-order chi connectivity index (χ1) is 9.01. The third-order valence-electron chi connectivity index (χ3n) is 2.69. The van der Waals surface area contributed by atoms with E-state index in [0.717, 1.165) is 0 Å². The Morgan fingerprint density at radius 2 is 2.11 bits per heavy atom. The number of hydrogen-bond donors (Lipinski definition) is 1. The summed E-state index contributed by atoms with van der Waals surface area (Å²) < 4.78 is 11.1. The number of rotatable bonds is 7. The van der Waals surface area contributed by atoms with Crippen molar-refractivity contribution in [3.8, 4) is 0 Å². The Morgan fingerprint density at radius 1 is 1.42 bits per heavy atom. The summed E-state index contributed by atoms with van der Waals surface area (Å²) in [4.78, 5) is 22.6. The Morgan fingerprint density at radius 3 is 2.63 bits per heavy atom. The fourth-order valence-electron chi connectivity index (χ4n) is 1.53. The molecule has 0 radical (unpaired) electrons. The minimum atomic E-state index is -0.566. The molecule has 0 spiro atoms. The maximum atomic E-state index is 11.6. The van der Waals surface area contributed by atoms with E-state index in [9.17, 15) is 9.59 Å². The second-order valence-corrected chi connectivity index (χ2v) is 4.10. The predicted molar refractivity (Wildman–Crippen MR) is 65.3 cm³/mol. The normalized spacial score (nSPS) is 12.2. The lowest BCUT2D eigenvalue weighted by Crippen LogP contribution is -2.26. The molecule has 0 bridgehead atoms. The summed E-state index contributed by atoms with van der Waals surface area (Å²) in [5, 5.41) is 7.65. The monoisotopic (exact) mass is 270 g/mol. The van der Waals surface area contributed by atoms with Gasteiger partial charge in [-0.3, -0.25) is 4.79 Å². The van der Waals surface area contributed by atoms with Crippen molar-refractivity contribution in [1.29, 1.82) is 0 Å². The highest BCUT2D eigenvalue weighted by Gasteiger charge is 2.22. The number of aromatic nitrogens is 3. The molecule has 0 fully saturated rings. The highest BCUT2D eigenvalue weighted by Crippen LogP contribution is 2.11. The molecule has 0 aliphatic heterocycles. The van der Waals surface area contributed by atoms with Crippen molar-refractivity contribution in [2.24, 2.45) is 11.7 Å². The zero-order valence-corrected chi connectivity index (χ0v) is 11.3. The van der Waals surface area contributed by atoms with Crippen LogP contribution in [0.1, 0.15) is 23.1 Å². The molecule has 1 unspecified atom stereocenters. The summed E-state index contributed by atoms with van der Waals surface area (Å²) >= 11 is 0. The van der Waals surface area contributed by atoms with Crippen LogP contribution in [0.15, 0.2) is 0 Å². The van der Waals surface area contributed by atoms with Crippen LogP contribution in [0.5, 0.6) is 0 Å². The zero-order chi connectivity index (χ0) is 14.4. The number of ether oxygens (including phenoxy) is 2. The van der Waals surface area contributed by atoms with Crippen LogP contribution in [0.25, 0.3) is 0 Å². The Balaban J connectivity index is 2.99. The van der Waals surface area contributed by atoms with Crippen LogP contribution in [-0.2, 0) is 27.2 Å². The van der Waals surface area contributed by atoms with Gasteiger partial charge in [-0.15, -0.1) is 5.10 Å². The van der Waals surface area contributed by atoms with Gasteiger partial charge >= 0.3 is 5.97 Å². The maximum absolute atomic E-state index is 11.6.